The molecule has 4 nitrogen and oxygen atoms in total. The van der Waals surface area contributed by atoms with Crippen molar-refractivity contribution in [2.45, 2.75) is 52.6 Å². The third kappa shape index (κ3) is 3.07. The Bertz CT molecular complexity index is 352. The number of imidazole rings is 1. The summed E-state index contributed by atoms with van der Waals surface area (Å²) in [4.78, 5) is 4.35. The van der Waals surface area contributed by atoms with Crippen LogP contribution in [0.15, 0.2) is 12.4 Å². The van der Waals surface area contributed by atoms with E-state index in [-0.39, 0.29) is 24.1 Å². The van der Waals surface area contributed by atoms with Gasteiger partial charge in [-0.3, -0.25) is 0 Å². The number of hydrogen-bond acceptors (Lipinski definition) is 3. The molecule has 2 unspecified atom stereocenters. The molecule has 0 radical (unpaired) electrons. The smallest absolute Gasteiger partial charge is 0.111 e. The van der Waals surface area contributed by atoms with Gasteiger partial charge >= 0.3 is 0 Å². The average Bonchev–Trinajstić information content (AvgIpc) is 2.66. The molecule has 0 aliphatic carbocycles. The maximum absolute atomic E-state index is 9.61. The molecule has 98 valence electrons. The molecule has 0 bridgehead atoms. The molecule has 0 aliphatic rings. The van der Waals surface area contributed by atoms with Gasteiger partial charge in [-0.25, -0.2) is 4.98 Å². The van der Waals surface area contributed by atoms with Crippen molar-refractivity contribution in [3.8, 4) is 0 Å². The summed E-state index contributed by atoms with van der Waals surface area (Å²) in [5.41, 5.74) is 6.21. The Morgan fingerprint density at radius 3 is 2.41 bits per heavy atom. The second-order valence-electron chi connectivity index (χ2n) is 5.99. The highest BCUT2D eigenvalue weighted by molar-refractivity contribution is 5.03. The summed E-state index contributed by atoms with van der Waals surface area (Å²) in [6, 6.07) is -0.228. The molecule has 0 fully saturated rings. The Morgan fingerprint density at radius 2 is 2.00 bits per heavy atom. The number of aromatic nitrogens is 2. The van der Waals surface area contributed by atoms with E-state index >= 15 is 0 Å². The largest absolute Gasteiger partial charge is 0.394 e. The van der Waals surface area contributed by atoms with Crippen LogP contribution in [0.4, 0.5) is 0 Å². The predicted octanol–water partition coefficient (Wildman–Crippen LogP) is 1.91. The summed E-state index contributed by atoms with van der Waals surface area (Å²) in [6.45, 7) is 10.5. The quantitative estimate of drug-likeness (QED) is 0.843. The van der Waals surface area contributed by atoms with Gasteiger partial charge in [-0.2, -0.15) is 0 Å². The lowest BCUT2D eigenvalue weighted by atomic mass is 9.83. The van der Waals surface area contributed by atoms with Gasteiger partial charge in [0.2, 0.25) is 0 Å². The third-order valence-electron chi connectivity index (χ3n) is 3.17. The van der Waals surface area contributed by atoms with Gasteiger partial charge in [0, 0.05) is 24.4 Å². The van der Waals surface area contributed by atoms with Crippen molar-refractivity contribution in [3.63, 3.8) is 0 Å². The van der Waals surface area contributed by atoms with Crippen LogP contribution < -0.4 is 5.73 Å². The second kappa shape index (κ2) is 5.19. The highest BCUT2D eigenvalue weighted by atomic mass is 16.3. The predicted molar refractivity (Wildman–Crippen MR) is 69.9 cm³/mol. The highest BCUT2D eigenvalue weighted by Gasteiger charge is 2.31. The SMILES string of the molecule is CC(C)c1nccn1C(CO)C(N)C(C)(C)C. The Kier molecular flexibility index (Phi) is 4.33. The first kappa shape index (κ1) is 14.2. The first-order valence-corrected chi connectivity index (χ1v) is 6.18. The van der Waals surface area contributed by atoms with Crippen molar-refractivity contribution in [1.29, 1.82) is 0 Å². The van der Waals surface area contributed by atoms with Gasteiger partial charge in [0.1, 0.15) is 5.82 Å². The van der Waals surface area contributed by atoms with Crippen LogP contribution in [0.1, 0.15) is 52.4 Å². The normalized spacial score (nSPS) is 16.2. The molecule has 17 heavy (non-hydrogen) atoms. The van der Waals surface area contributed by atoms with Crippen LogP contribution in [0, 0.1) is 5.41 Å². The molecule has 0 spiro atoms. The molecule has 1 aromatic heterocycles. The van der Waals surface area contributed by atoms with E-state index in [2.05, 4.69) is 39.6 Å². The van der Waals surface area contributed by atoms with Crippen molar-refractivity contribution in [2.24, 2.45) is 11.1 Å². The van der Waals surface area contributed by atoms with Gasteiger partial charge in [0.05, 0.1) is 12.6 Å². The summed E-state index contributed by atoms with van der Waals surface area (Å²) < 4.78 is 2.01. The Balaban J connectivity index is 3.06. The van der Waals surface area contributed by atoms with E-state index in [9.17, 15) is 5.11 Å². The molecule has 0 aliphatic heterocycles. The summed E-state index contributed by atoms with van der Waals surface area (Å²) in [5, 5.41) is 9.61. The zero-order valence-corrected chi connectivity index (χ0v) is 11.5. The highest BCUT2D eigenvalue weighted by Crippen LogP contribution is 2.28. The minimum absolute atomic E-state index is 0.0362. The van der Waals surface area contributed by atoms with Gasteiger partial charge in [0.25, 0.3) is 0 Å². The van der Waals surface area contributed by atoms with Crippen LogP contribution in [0.5, 0.6) is 0 Å². The molecule has 1 aromatic rings. The fourth-order valence-electron chi connectivity index (χ4n) is 2.00. The van der Waals surface area contributed by atoms with E-state index in [0.29, 0.717) is 5.92 Å². The molecule has 0 amide bonds. The Hall–Kier alpha value is -0.870. The zero-order valence-electron chi connectivity index (χ0n) is 11.5. The van der Waals surface area contributed by atoms with Crippen LogP contribution in [-0.2, 0) is 0 Å². The van der Waals surface area contributed by atoms with Crippen LogP contribution in [0.25, 0.3) is 0 Å². The minimum Gasteiger partial charge on any atom is -0.394 e. The summed E-state index contributed by atoms with van der Waals surface area (Å²) in [7, 11) is 0. The van der Waals surface area contributed by atoms with Gasteiger partial charge in [-0.05, 0) is 5.41 Å². The van der Waals surface area contributed by atoms with E-state index in [1.807, 2.05) is 10.8 Å². The number of rotatable bonds is 4. The van der Waals surface area contributed by atoms with Crippen LogP contribution in [0.3, 0.4) is 0 Å². The van der Waals surface area contributed by atoms with E-state index in [0.717, 1.165) is 5.82 Å². The fourth-order valence-corrected chi connectivity index (χ4v) is 2.00. The lowest BCUT2D eigenvalue weighted by Gasteiger charge is -2.35. The van der Waals surface area contributed by atoms with E-state index in [4.69, 9.17) is 5.73 Å². The van der Waals surface area contributed by atoms with Crippen molar-refractivity contribution in [1.82, 2.24) is 9.55 Å². The maximum atomic E-state index is 9.61. The summed E-state index contributed by atoms with van der Waals surface area (Å²) >= 11 is 0. The fraction of sp³-hybridized carbons (Fsp3) is 0.769. The molecule has 1 heterocycles. The second-order valence-corrected chi connectivity index (χ2v) is 5.99. The first-order chi connectivity index (χ1) is 7.79. The molecule has 1 rings (SSSR count). The van der Waals surface area contributed by atoms with Crippen LogP contribution in [-0.4, -0.2) is 27.3 Å². The van der Waals surface area contributed by atoms with Crippen molar-refractivity contribution in [3.05, 3.63) is 18.2 Å². The first-order valence-electron chi connectivity index (χ1n) is 6.18. The number of aliphatic hydroxyl groups excluding tert-OH is 1. The van der Waals surface area contributed by atoms with Gasteiger partial charge in [-0.15, -0.1) is 0 Å². The molecule has 3 N–H and O–H groups in total. The van der Waals surface area contributed by atoms with Gasteiger partial charge < -0.3 is 15.4 Å². The number of aliphatic hydroxyl groups is 1. The number of hydrogen-bond donors (Lipinski definition) is 2. The number of nitrogens with zero attached hydrogens (tertiary/aromatic N) is 2. The average molecular weight is 239 g/mol. The van der Waals surface area contributed by atoms with Crippen LogP contribution in [0.2, 0.25) is 0 Å². The summed E-state index contributed by atoms with van der Waals surface area (Å²) in [6.07, 6.45) is 3.68. The molecular weight excluding hydrogens is 214 g/mol. The zero-order chi connectivity index (χ0) is 13.2. The molecule has 0 aromatic carbocycles. The Labute approximate surface area is 104 Å². The van der Waals surface area contributed by atoms with Crippen molar-refractivity contribution >= 4 is 0 Å². The molecule has 0 saturated heterocycles. The molecule has 0 saturated carbocycles. The van der Waals surface area contributed by atoms with Gasteiger partial charge in [0.15, 0.2) is 0 Å². The lowest BCUT2D eigenvalue weighted by molar-refractivity contribution is 0.151. The maximum Gasteiger partial charge on any atom is 0.111 e. The number of nitrogens with two attached hydrogens (primary N) is 1. The minimum atomic E-state index is -0.116. The third-order valence-corrected chi connectivity index (χ3v) is 3.17. The topological polar surface area (TPSA) is 64.1 Å². The van der Waals surface area contributed by atoms with Crippen LogP contribution >= 0.6 is 0 Å². The standard InChI is InChI=1S/C13H25N3O/c1-9(2)12-15-6-7-16(12)10(8-17)11(14)13(3,4)5/h6-7,9-11,17H,8,14H2,1-5H3. The monoisotopic (exact) mass is 239 g/mol. The van der Waals surface area contributed by atoms with E-state index in [1.165, 1.54) is 0 Å². The lowest BCUT2D eigenvalue weighted by Crippen LogP contribution is -2.44. The molecule has 2 atom stereocenters. The van der Waals surface area contributed by atoms with Gasteiger partial charge in [-0.1, -0.05) is 34.6 Å². The molecular formula is C13H25N3O. The van der Waals surface area contributed by atoms with E-state index in [1.54, 1.807) is 6.20 Å². The Morgan fingerprint density at radius 1 is 1.41 bits per heavy atom. The summed E-state index contributed by atoms with van der Waals surface area (Å²) in [5.74, 6) is 1.30. The van der Waals surface area contributed by atoms with E-state index < -0.39 is 0 Å². The van der Waals surface area contributed by atoms with Crippen molar-refractivity contribution < 1.29 is 5.11 Å². The molecule has 4 heteroatoms. The van der Waals surface area contributed by atoms with Crippen molar-refractivity contribution in [2.75, 3.05) is 6.61 Å².